The van der Waals surface area contributed by atoms with Gasteiger partial charge < -0.3 is 106 Å². The van der Waals surface area contributed by atoms with E-state index in [1.54, 1.807) is 0 Å². The average molecular weight is 807 g/mol. The van der Waals surface area contributed by atoms with Crippen LogP contribution in [0.1, 0.15) is 6.42 Å². The number of nitrogens with one attached hydrogen (secondary N) is 2. The second-order valence-corrected chi connectivity index (χ2v) is 13.2. The van der Waals surface area contributed by atoms with Crippen LogP contribution in [-0.4, -0.2) is 248 Å². The van der Waals surface area contributed by atoms with Gasteiger partial charge in [0.2, 0.25) is 17.7 Å². The number of aliphatic hydroxyl groups excluding tert-OH is 12. The summed E-state index contributed by atoms with van der Waals surface area (Å²) in [5, 5.41) is 124. The van der Waals surface area contributed by atoms with Crippen LogP contribution in [0.25, 0.3) is 0 Å². The van der Waals surface area contributed by atoms with Crippen molar-refractivity contribution in [3.05, 3.63) is 0 Å². The Morgan fingerprint density at radius 1 is 0.582 bits per heavy atom. The summed E-state index contributed by atoms with van der Waals surface area (Å²) in [7, 11) is 0. The molecule has 0 aromatic carbocycles. The third kappa shape index (κ3) is 13.4. The highest BCUT2D eigenvalue weighted by molar-refractivity contribution is 5.83. The minimum absolute atomic E-state index is 0.150. The molecule has 0 aliphatic carbocycles. The van der Waals surface area contributed by atoms with Crippen molar-refractivity contribution in [1.29, 1.82) is 0 Å². The Balaban J connectivity index is 1.59. The molecule has 3 saturated heterocycles. The molecule has 3 rings (SSSR count). The van der Waals surface area contributed by atoms with Gasteiger partial charge in [-0.3, -0.25) is 19.3 Å². The first-order chi connectivity index (χ1) is 26.0. The average Bonchev–Trinajstić information content (AvgIpc) is 3.14. The summed E-state index contributed by atoms with van der Waals surface area (Å²) in [4.78, 5) is 38.7. The van der Waals surface area contributed by atoms with E-state index in [9.17, 15) is 75.7 Å². The van der Waals surface area contributed by atoms with Crippen molar-refractivity contribution in [3.8, 4) is 0 Å². The molecule has 25 heteroatoms. The molecule has 0 unspecified atom stereocenters. The summed E-state index contributed by atoms with van der Waals surface area (Å²) >= 11 is 0. The number of primary amides is 1. The highest BCUT2D eigenvalue weighted by Crippen LogP contribution is 2.24. The van der Waals surface area contributed by atoms with Gasteiger partial charge in [0.15, 0.2) is 18.9 Å². The fourth-order valence-electron chi connectivity index (χ4n) is 5.84. The summed E-state index contributed by atoms with van der Waals surface area (Å²) in [6.45, 7) is -5.09. The largest absolute Gasteiger partial charge is 0.394 e. The van der Waals surface area contributed by atoms with Crippen molar-refractivity contribution in [2.24, 2.45) is 5.73 Å². The van der Waals surface area contributed by atoms with Gasteiger partial charge in [0.1, 0.15) is 73.2 Å². The van der Waals surface area contributed by atoms with Gasteiger partial charge in [-0.05, 0) is 6.42 Å². The number of carbonyl (C=O) groups is 3. The smallest absolute Gasteiger partial charge is 0.234 e. The van der Waals surface area contributed by atoms with Crippen molar-refractivity contribution < 1.29 is 104 Å². The van der Waals surface area contributed by atoms with Crippen molar-refractivity contribution in [3.63, 3.8) is 0 Å². The molecule has 0 spiro atoms. The lowest BCUT2D eigenvalue weighted by molar-refractivity contribution is -0.304. The zero-order valence-corrected chi connectivity index (χ0v) is 29.6. The molecule has 3 aliphatic heterocycles. The maximum absolute atomic E-state index is 13.2. The van der Waals surface area contributed by atoms with Crippen molar-refractivity contribution >= 4 is 17.7 Å². The lowest BCUT2D eigenvalue weighted by Crippen LogP contribution is -2.60. The molecule has 16 atom stereocenters. The minimum atomic E-state index is -1.79. The van der Waals surface area contributed by atoms with Crippen LogP contribution in [0, 0.1) is 0 Å². The van der Waals surface area contributed by atoms with Gasteiger partial charge in [-0.25, -0.2) is 0 Å². The number of nitrogens with two attached hydrogens (primary N) is 1. The predicted molar refractivity (Wildman–Crippen MR) is 174 cm³/mol. The highest BCUT2D eigenvalue weighted by atomic mass is 16.7. The lowest BCUT2D eigenvalue weighted by Gasteiger charge is -2.40. The number of hydrogen-bond donors (Lipinski definition) is 15. The Labute approximate surface area is 313 Å². The molecule has 3 aliphatic rings. The van der Waals surface area contributed by atoms with E-state index in [4.69, 9.17) is 34.2 Å². The van der Waals surface area contributed by atoms with Gasteiger partial charge in [0.25, 0.3) is 0 Å². The Kier molecular flexibility index (Phi) is 19.3. The lowest BCUT2D eigenvalue weighted by atomic mass is 9.99. The van der Waals surface area contributed by atoms with Gasteiger partial charge in [0.05, 0.1) is 65.3 Å². The Morgan fingerprint density at radius 3 is 1.44 bits per heavy atom. The Bertz CT molecular complexity index is 1190. The SMILES string of the molecule is NC(=O)CN(CC(=O)NCCO[C@H]1O[C@H](CO)[C@@H](O)[C@H](O)[C@@H]1O)CC(=O)N[C@H](CCO[C@H]1O[C@H](CO)[C@@H](O)[C@H](O)[C@@H]1O)CO[C@H]1O[C@H](CO)[C@@H](O)[C@H](O)[C@@H]1O. The van der Waals surface area contributed by atoms with E-state index in [1.807, 2.05) is 0 Å². The van der Waals surface area contributed by atoms with E-state index in [0.29, 0.717) is 0 Å². The molecular formula is C30H54N4O21. The van der Waals surface area contributed by atoms with Gasteiger partial charge in [0, 0.05) is 6.54 Å². The first kappa shape index (κ1) is 47.0. The molecule has 0 aromatic heterocycles. The van der Waals surface area contributed by atoms with E-state index >= 15 is 0 Å². The maximum atomic E-state index is 13.2. The molecule has 0 saturated carbocycles. The standard InChI is InChI=1S/C30H54N4O21/c31-16(38)5-34(6-17(39)32-2-4-51-29-26(48)23(45)20(42)14(9-36)54-29)7-18(40)33-12(11-52-30-27(49)24(46)21(43)15(10-37)55-30)1-3-50-28-25(47)22(44)19(41)13(8-35)53-28/h12-15,19-30,35-37,41-49H,1-11H2,(H2,31,38)(H,32,39)(H,33,40)/t12-,13-,14-,15-,19-,20-,21-,22+,23+,24+,25+,26+,27+,28+,29+,30+/m1/s1. The van der Waals surface area contributed by atoms with Gasteiger partial charge in [-0.15, -0.1) is 0 Å². The van der Waals surface area contributed by atoms with Crippen LogP contribution in [0.2, 0.25) is 0 Å². The molecule has 3 fully saturated rings. The maximum Gasteiger partial charge on any atom is 0.234 e. The molecule has 320 valence electrons. The first-order valence-corrected chi connectivity index (χ1v) is 17.4. The topological polar surface area (TPSA) is 403 Å². The first-order valence-electron chi connectivity index (χ1n) is 17.4. The normalized spacial score (nSPS) is 37.4. The van der Waals surface area contributed by atoms with Crippen LogP contribution in [-0.2, 0) is 42.8 Å². The Morgan fingerprint density at radius 2 is 1.00 bits per heavy atom. The van der Waals surface area contributed by atoms with E-state index in [-0.39, 0.29) is 26.2 Å². The summed E-state index contributed by atoms with van der Waals surface area (Å²) in [5.74, 6) is -2.40. The van der Waals surface area contributed by atoms with Gasteiger partial charge in [-0.1, -0.05) is 0 Å². The van der Waals surface area contributed by atoms with Crippen LogP contribution in [0.5, 0.6) is 0 Å². The highest BCUT2D eigenvalue weighted by Gasteiger charge is 2.46. The van der Waals surface area contributed by atoms with E-state index < -0.39 is 162 Å². The second kappa shape index (κ2) is 22.6. The number of nitrogens with zero attached hydrogens (tertiary/aromatic N) is 1. The Hall–Kier alpha value is -2.35. The van der Waals surface area contributed by atoms with Crippen LogP contribution in [0.4, 0.5) is 0 Å². The fraction of sp³-hybridized carbons (Fsp3) is 0.900. The van der Waals surface area contributed by atoms with Gasteiger partial charge in [-0.2, -0.15) is 0 Å². The third-order valence-electron chi connectivity index (χ3n) is 8.94. The zero-order valence-electron chi connectivity index (χ0n) is 29.6. The number of hydrogen-bond acceptors (Lipinski definition) is 22. The molecule has 25 nitrogen and oxygen atoms in total. The molecule has 0 aromatic rings. The number of aliphatic hydroxyl groups is 12. The van der Waals surface area contributed by atoms with Crippen LogP contribution in [0.3, 0.4) is 0 Å². The van der Waals surface area contributed by atoms with Gasteiger partial charge >= 0.3 is 0 Å². The third-order valence-corrected chi connectivity index (χ3v) is 8.94. The number of rotatable bonds is 21. The fourth-order valence-corrected chi connectivity index (χ4v) is 5.84. The monoisotopic (exact) mass is 806 g/mol. The van der Waals surface area contributed by atoms with Crippen molar-refractivity contribution in [2.75, 3.05) is 65.8 Å². The van der Waals surface area contributed by atoms with Crippen molar-refractivity contribution in [2.45, 2.75) is 105 Å². The molecule has 55 heavy (non-hydrogen) atoms. The second-order valence-electron chi connectivity index (χ2n) is 13.2. The predicted octanol–water partition coefficient (Wildman–Crippen LogP) is -10.8. The van der Waals surface area contributed by atoms with Crippen LogP contribution >= 0.6 is 0 Å². The number of amides is 3. The summed E-state index contributed by atoms with van der Waals surface area (Å²) in [6, 6.07) is -1.05. The molecule has 16 N–H and O–H groups in total. The minimum Gasteiger partial charge on any atom is -0.394 e. The molecule has 0 bridgehead atoms. The van der Waals surface area contributed by atoms with Crippen molar-refractivity contribution in [1.82, 2.24) is 15.5 Å². The quantitative estimate of drug-likeness (QED) is 0.0479. The van der Waals surface area contributed by atoms with E-state index in [1.165, 1.54) is 0 Å². The molecule has 3 amide bonds. The summed E-state index contributed by atoms with van der Waals surface area (Å²) < 4.78 is 32.2. The molecule has 3 heterocycles. The number of carbonyl (C=O) groups excluding carboxylic acids is 3. The molecular weight excluding hydrogens is 752 g/mol. The van der Waals surface area contributed by atoms with E-state index in [0.717, 1.165) is 4.90 Å². The summed E-state index contributed by atoms with van der Waals surface area (Å²) in [5.41, 5.74) is 5.31. The molecule has 0 radical (unpaired) electrons. The zero-order chi connectivity index (χ0) is 41.0. The summed E-state index contributed by atoms with van der Waals surface area (Å²) in [6.07, 6.45) is -23.8. The van der Waals surface area contributed by atoms with Crippen LogP contribution < -0.4 is 16.4 Å². The number of ether oxygens (including phenoxy) is 6. The van der Waals surface area contributed by atoms with E-state index in [2.05, 4.69) is 10.6 Å². The van der Waals surface area contributed by atoms with Crippen LogP contribution in [0.15, 0.2) is 0 Å².